The molecule has 0 aliphatic heterocycles. The topological polar surface area (TPSA) is 47.0 Å². The number of aromatic nitrogens is 2. The van der Waals surface area contributed by atoms with Crippen LogP contribution in [0.5, 0.6) is 5.88 Å². The number of methoxy groups -OCH3 is 1. The van der Waals surface area contributed by atoms with Gasteiger partial charge in [-0.15, -0.1) is 0 Å². The Morgan fingerprint density at radius 2 is 2.14 bits per heavy atom. The molecule has 1 heterocycles. The molecule has 0 fully saturated rings. The molecule has 0 bridgehead atoms. The van der Waals surface area contributed by atoms with Gasteiger partial charge in [-0.1, -0.05) is 6.92 Å². The molecule has 0 aliphatic carbocycles. The van der Waals surface area contributed by atoms with Crippen LogP contribution in [-0.2, 0) is 6.42 Å². The summed E-state index contributed by atoms with van der Waals surface area (Å²) in [6.07, 6.45) is 4.23. The third kappa shape index (κ3) is 2.96. The zero-order valence-corrected chi connectivity index (χ0v) is 8.95. The van der Waals surface area contributed by atoms with Crippen molar-refractivity contribution in [3.63, 3.8) is 0 Å². The van der Waals surface area contributed by atoms with Crippen LogP contribution >= 0.6 is 0 Å². The molecular weight excluding hydrogens is 178 g/mol. The van der Waals surface area contributed by atoms with Gasteiger partial charge in [0, 0.05) is 12.4 Å². The molecule has 0 radical (unpaired) electrons. The maximum absolute atomic E-state index is 5.13. The summed E-state index contributed by atoms with van der Waals surface area (Å²) in [5, 5.41) is 3.14. The Morgan fingerprint density at radius 1 is 1.43 bits per heavy atom. The summed E-state index contributed by atoms with van der Waals surface area (Å²) >= 11 is 0. The lowest BCUT2D eigenvalue weighted by Crippen LogP contribution is -2.18. The van der Waals surface area contributed by atoms with E-state index in [1.165, 1.54) is 0 Å². The lowest BCUT2D eigenvalue weighted by molar-refractivity contribution is 0.384. The van der Waals surface area contributed by atoms with Crippen LogP contribution in [0, 0.1) is 5.92 Å². The van der Waals surface area contributed by atoms with Crippen LogP contribution in [-0.4, -0.2) is 30.7 Å². The molecule has 14 heavy (non-hydrogen) atoms. The largest absolute Gasteiger partial charge is 0.480 e. The number of hydrogen-bond acceptors (Lipinski definition) is 4. The molecule has 0 amide bonds. The number of ether oxygens (including phenoxy) is 1. The van der Waals surface area contributed by atoms with Gasteiger partial charge in [0.15, 0.2) is 0 Å². The zero-order chi connectivity index (χ0) is 10.4. The summed E-state index contributed by atoms with van der Waals surface area (Å²) in [7, 11) is 3.57. The lowest BCUT2D eigenvalue weighted by atomic mass is 10.1. The van der Waals surface area contributed by atoms with Gasteiger partial charge in [-0.05, 0) is 25.9 Å². The normalized spacial score (nSPS) is 12.5. The summed E-state index contributed by atoms with van der Waals surface area (Å²) in [5.41, 5.74) is 0.928. The van der Waals surface area contributed by atoms with Gasteiger partial charge >= 0.3 is 0 Å². The van der Waals surface area contributed by atoms with E-state index in [-0.39, 0.29) is 0 Å². The van der Waals surface area contributed by atoms with Crippen molar-refractivity contribution in [2.24, 2.45) is 5.92 Å². The minimum Gasteiger partial charge on any atom is -0.480 e. The molecule has 1 rings (SSSR count). The molecule has 1 aromatic heterocycles. The standard InChI is InChI=1S/C10H17N3O/c1-8(7-11-2)6-9-10(14-3)13-5-4-12-9/h4-5,8,11H,6-7H2,1-3H3. The van der Waals surface area contributed by atoms with Crippen LogP contribution in [0.25, 0.3) is 0 Å². The van der Waals surface area contributed by atoms with Gasteiger partial charge in [0.2, 0.25) is 5.88 Å². The first-order valence-corrected chi connectivity index (χ1v) is 4.76. The molecule has 4 nitrogen and oxygen atoms in total. The third-order valence-corrected chi connectivity index (χ3v) is 2.02. The van der Waals surface area contributed by atoms with Crippen molar-refractivity contribution in [3.05, 3.63) is 18.1 Å². The highest BCUT2D eigenvalue weighted by Gasteiger charge is 2.09. The summed E-state index contributed by atoms with van der Waals surface area (Å²) in [4.78, 5) is 8.36. The van der Waals surface area contributed by atoms with E-state index in [0.29, 0.717) is 11.8 Å². The third-order valence-electron chi connectivity index (χ3n) is 2.02. The van der Waals surface area contributed by atoms with Crippen LogP contribution in [0.3, 0.4) is 0 Å². The molecular formula is C10H17N3O. The van der Waals surface area contributed by atoms with Crippen molar-refractivity contribution in [1.82, 2.24) is 15.3 Å². The summed E-state index contributed by atoms with van der Waals surface area (Å²) in [6.45, 7) is 3.14. The van der Waals surface area contributed by atoms with E-state index in [0.717, 1.165) is 18.7 Å². The zero-order valence-electron chi connectivity index (χ0n) is 8.95. The van der Waals surface area contributed by atoms with Gasteiger partial charge in [-0.3, -0.25) is 4.98 Å². The van der Waals surface area contributed by atoms with Crippen molar-refractivity contribution < 1.29 is 4.74 Å². The molecule has 0 aromatic carbocycles. The molecule has 78 valence electrons. The van der Waals surface area contributed by atoms with E-state index in [1.54, 1.807) is 19.5 Å². The van der Waals surface area contributed by atoms with E-state index >= 15 is 0 Å². The van der Waals surface area contributed by atoms with Crippen LogP contribution < -0.4 is 10.1 Å². The van der Waals surface area contributed by atoms with Crippen LogP contribution in [0.4, 0.5) is 0 Å². The molecule has 4 heteroatoms. The summed E-state index contributed by atoms with van der Waals surface area (Å²) in [5.74, 6) is 1.17. The first-order valence-electron chi connectivity index (χ1n) is 4.76. The van der Waals surface area contributed by atoms with Gasteiger partial charge in [0.05, 0.1) is 7.11 Å². The Balaban J connectivity index is 2.65. The van der Waals surface area contributed by atoms with Gasteiger partial charge < -0.3 is 10.1 Å². The van der Waals surface area contributed by atoms with Crippen molar-refractivity contribution in [1.29, 1.82) is 0 Å². The number of hydrogen-bond donors (Lipinski definition) is 1. The fourth-order valence-electron chi connectivity index (χ4n) is 1.42. The van der Waals surface area contributed by atoms with Crippen molar-refractivity contribution in [2.75, 3.05) is 20.7 Å². The molecule has 1 unspecified atom stereocenters. The van der Waals surface area contributed by atoms with Crippen molar-refractivity contribution >= 4 is 0 Å². The predicted octanol–water partition coefficient (Wildman–Crippen LogP) is 0.883. The average molecular weight is 195 g/mol. The Bertz CT molecular complexity index is 278. The Morgan fingerprint density at radius 3 is 2.79 bits per heavy atom. The quantitative estimate of drug-likeness (QED) is 0.757. The van der Waals surface area contributed by atoms with E-state index in [2.05, 4.69) is 22.2 Å². The highest BCUT2D eigenvalue weighted by atomic mass is 16.5. The lowest BCUT2D eigenvalue weighted by Gasteiger charge is -2.11. The Labute approximate surface area is 84.7 Å². The highest BCUT2D eigenvalue weighted by molar-refractivity contribution is 5.17. The molecule has 1 N–H and O–H groups in total. The first kappa shape index (κ1) is 10.9. The van der Waals surface area contributed by atoms with E-state index in [1.807, 2.05) is 7.05 Å². The maximum atomic E-state index is 5.13. The second-order valence-corrected chi connectivity index (χ2v) is 3.38. The van der Waals surface area contributed by atoms with Crippen LogP contribution in [0.2, 0.25) is 0 Å². The molecule has 0 aliphatic rings. The van der Waals surface area contributed by atoms with Gasteiger partial charge in [0.1, 0.15) is 5.69 Å². The van der Waals surface area contributed by atoms with Crippen molar-refractivity contribution in [3.8, 4) is 5.88 Å². The van der Waals surface area contributed by atoms with Crippen molar-refractivity contribution in [2.45, 2.75) is 13.3 Å². The molecule has 0 saturated heterocycles. The second kappa shape index (κ2) is 5.54. The molecule has 1 atom stereocenters. The number of rotatable bonds is 5. The minimum atomic E-state index is 0.533. The Hall–Kier alpha value is -1.16. The van der Waals surface area contributed by atoms with Gasteiger partial charge in [-0.2, -0.15) is 0 Å². The van der Waals surface area contributed by atoms with Gasteiger partial charge in [-0.25, -0.2) is 4.98 Å². The molecule has 0 spiro atoms. The summed E-state index contributed by atoms with van der Waals surface area (Å²) in [6, 6.07) is 0. The molecule has 0 saturated carbocycles. The average Bonchev–Trinajstić information content (AvgIpc) is 2.19. The predicted molar refractivity (Wildman–Crippen MR) is 55.4 cm³/mol. The van der Waals surface area contributed by atoms with Gasteiger partial charge in [0.25, 0.3) is 0 Å². The van der Waals surface area contributed by atoms with Crippen LogP contribution in [0.15, 0.2) is 12.4 Å². The highest BCUT2D eigenvalue weighted by Crippen LogP contribution is 2.14. The monoisotopic (exact) mass is 195 g/mol. The fourth-order valence-corrected chi connectivity index (χ4v) is 1.42. The Kier molecular flexibility index (Phi) is 4.32. The first-order chi connectivity index (χ1) is 6.77. The number of nitrogens with one attached hydrogen (secondary N) is 1. The second-order valence-electron chi connectivity index (χ2n) is 3.38. The maximum Gasteiger partial charge on any atom is 0.235 e. The van der Waals surface area contributed by atoms with E-state index in [9.17, 15) is 0 Å². The van der Waals surface area contributed by atoms with E-state index in [4.69, 9.17) is 4.74 Å². The molecule has 1 aromatic rings. The number of nitrogens with zero attached hydrogens (tertiary/aromatic N) is 2. The smallest absolute Gasteiger partial charge is 0.235 e. The van der Waals surface area contributed by atoms with E-state index < -0.39 is 0 Å². The summed E-state index contributed by atoms with van der Waals surface area (Å²) < 4.78 is 5.13. The minimum absolute atomic E-state index is 0.533. The van der Waals surface area contributed by atoms with Crippen LogP contribution in [0.1, 0.15) is 12.6 Å². The fraction of sp³-hybridized carbons (Fsp3) is 0.600. The SMILES string of the molecule is CNCC(C)Cc1nccnc1OC.